The predicted octanol–water partition coefficient (Wildman–Crippen LogP) is 3.61. The molecule has 2 aromatic carbocycles. The molecule has 1 fully saturated rings. The first-order valence-electron chi connectivity index (χ1n) is 10.4. The van der Waals surface area contributed by atoms with E-state index in [1.165, 1.54) is 29.7 Å². The van der Waals surface area contributed by atoms with Gasteiger partial charge in [-0.1, -0.05) is 49.4 Å². The molecular formula is C23H30N6. The molecule has 0 N–H and O–H groups in total. The van der Waals surface area contributed by atoms with E-state index in [1.807, 2.05) is 10.7 Å². The molecule has 1 aliphatic rings. The number of tetrazole rings is 1. The van der Waals surface area contributed by atoms with Crippen LogP contribution in [0.15, 0.2) is 54.6 Å². The van der Waals surface area contributed by atoms with Gasteiger partial charge in [0.15, 0.2) is 5.82 Å². The van der Waals surface area contributed by atoms with E-state index in [-0.39, 0.29) is 6.04 Å². The highest BCUT2D eigenvalue weighted by atomic mass is 15.5. The third kappa shape index (κ3) is 4.48. The van der Waals surface area contributed by atoms with Crippen LogP contribution in [0.1, 0.15) is 42.8 Å². The van der Waals surface area contributed by atoms with Crippen LogP contribution in [0, 0.1) is 5.92 Å². The molecule has 0 unspecified atom stereocenters. The van der Waals surface area contributed by atoms with E-state index in [9.17, 15) is 0 Å². The Morgan fingerprint density at radius 2 is 1.69 bits per heavy atom. The number of rotatable bonds is 6. The lowest BCUT2D eigenvalue weighted by Crippen LogP contribution is -2.38. The Morgan fingerprint density at radius 1 is 1.00 bits per heavy atom. The van der Waals surface area contributed by atoms with Gasteiger partial charge in [0.1, 0.15) is 0 Å². The number of benzene rings is 2. The van der Waals surface area contributed by atoms with E-state index in [4.69, 9.17) is 0 Å². The van der Waals surface area contributed by atoms with E-state index in [0.717, 1.165) is 24.8 Å². The van der Waals surface area contributed by atoms with Crippen molar-refractivity contribution in [2.24, 2.45) is 5.92 Å². The normalized spacial score (nSPS) is 16.7. The van der Waals surface area contributed by atoms with Gasteiger partial charge in [-0.15, -0.1) is 5.10 Å². The summed E-state index contributed by atoms with van der Waals surface area (Å²) in [7, 11) is 4.14. The molecule has 0 amide bonds. The topological polar surface area (TPSA) is 50.1 Å². The molecule has 152 valence electrons. The van der Waals surface area contributed by atoms with Crippen molar-refractivity contribution in [1.29, 1.82) is 0 Å². The highest BCUT2D eigenvalue weighted by Crippen LogP contribution is 2.32. The Labute approximate surface area is 173 Å². The second-order valence-corrected chi connectivity index (χ2v) is 8.29. The number of hydrogen-bond donors (Lipinski definition) is 0. The highest BCUT2D eigenvalue weighted by molar-refractivity contribution is 5.47. The van der Waals surface area contributed by atoms with Gasteiger partial charge < -0.3 is 4.90 Å². The van der Waals surface area contributed by atoms with Crippen LogP contribution in [0.4, 0.5) is 5.69 Å². The monoisotopic (exact) mass is 390 g/mol. The Balaban J connectivity index is 1.68. The number of anilines is 1. The Bertz CT molecular complexity index is 895. The molecule has 0 aliphatic carbocycles. The summed E-state index contributed by atoms with van der Waals surface area (Å²) in [5, 5.41) is 12.9. The maximum absolute atomic E-state index is 4.49. The van der Waals surface area contributed by atoms with Crippen molar-refractivity contribution in [3.05, 3.63) is 71.5 Å². The average molecular weight is 391 g/mol. The van der Waals surface area contributed by atoms with Crippen LogP contribution in [0.3, 0.4) is 0 Å². The third-order valence-corrected chi connectivity index (χ3v) is 5.89. The molecular weight excluding hydrogens is 360 g/mol. The van der Waals surface area contributed by atoms with E-state index in [2.05, 4.69) is 94.9 Å². The van der Waals surface area contributed by atoms with Crippen molar-refractivity contribution in [3.8, 4) is 0 Å². The Kier molecular flexibility index (Phi) is 5.90. The van der Waals surface area contributed by atoms with E-state index in [0.29, 0.717) is 6.54 Å². The summed E-state index contributed by atoms with van der Waals surface area (Å²) in [6.45, 7) is 5.16. The number of hydrogen-bond acceptors (Lipinski definition) is 5. The molecule has 6 nitrogen and oxygen atoms in total. The zero-order valence-corrected chi connectivity index (χ0v) is 17.6. The Morgan fingerprint density at radius 3 is 2.34 bits per heavy atom. The van der Waals surface area contributed by atoms with Gasteiger partial charge in [-0.05, 0) is 65.5 Å². The van der Waals surface area contributed by atoms with Crippen molar-refractivity contribution in [2.75, 3.05) is 32.1 Å². The van der Waals surface area contributed by atoms with Gasteiger partial charge in [-0.3, -0.25) is 4.90 Å². The van der Waals surface area contributed by atoms with Gasteiger partial charge in [-0.25, -0.2) is 4.68 Å². The largest absolute Gasteiger partial charge is 0.378 e. The first kappa shape index (κ1) is 19.6. The van der Waals surface area contributed by atoms with Gasteiger partial charge >= 0.3 is 0 Å². The lowest BCUT2D eigenvalue weighted by atomic mass is 9.95. The number of aromatic nitrogens is 4. The predicted molar refractivity (Wildman–Crippen MR) is 116 cm³/mol. The second kappa shape index (κ2) is 8.74. The quantitative estimate of drug-likeness (QED) is 0.644. The number of likely N-dealkylation sites (tertiary alicyclic amines) is 1. The summed E-state index contributed by atoms with van der Waals surface area (Å²) >= 11 is 0. The summed E-state index contributed by atoms with van der Waals surface area (Å²) in [4.78, 5) is 4.67. The first-order valence-corrected chi connectivity index (χ1v) is 10.4. The lowest BCUT2D eigenvalue weighted by Gasteiger charge is -2.36. The van der Waals surface area contributed by atoms with Crippen LogP contribution in [-0.4, -0.2) is 52.3 Å². The fraction of sp³-hybridized carbons (Fsp3) is 0.435. The van der Waals surface area contributed by atoms with Crippen molar-refractivity contribution in [2.45, 2.75) is 32.4 Å². The maximum Gasteiger partial charge on any atom is 0.173 e. The molecule has 6 heteroatoms. The van der Waals surface area contributed by atoms with E-state index >= 15 is 0 Å². The lowest BCUT2D eigenvalue weighted by molar-refractivity contribution is 0.150. The standard InChI is InChI=1S/C23H30N6/c1-18-13-15-28(16-14-18)22(20-9-11-21(12-10-20)27(2)3)23-24-25-26-29(23)17-19-7-5-4-6-8-19/h4-12,18,22H,13-17H2,1-3H3/t22-/m0/s1. The van der Waals surface area contributed by atoms with Gasteiger partial charge in [0.2, 0.25) is 0 Å². The third-order valence-electron chi connectivity index (χ3n) is 5.89. The maximum atomic E-state index is 4.49. The molecule has 0 bridgehead atoms. The van der Waals surface area contributed by atoms with Crippen LogP contribution >= 0.6 is 0 Å². The van der Waals surface area contributed by atoms with Gasteiger partial charge in [-0.2, -0.15) is 0 Å². The van der Waals surface area contributed by atoms with Crippen LogP contribution in [-0.2, 0) is 6.54 Å². The second-order valence-electron chi connectivity index (χ2n) is 8.29. The summed E-state index contributed by atoms with van der Waals surface area (Å²) in [5.74, 6) is 1.70. The summed E-state index contributed by atoms with van der Waals surface area (Å²) in [6, 6.07) is 19.3. The molecule has 2 heterocycles. The number of nitrogens with zero attached hydrogens (tertiary/aromatic N) is 6. The molecule has 29 heavy (non-hydrogen) atoms. The van der Waals surface area contributed by atoms with Crippen LogP contribution in [0.25, 0.3) is 0 Å². The molecule has 4 rings (SSSR count). The zero-order valence-electron chi connectivity index (χ0n) is 17.6. The van der Waals surface area contributed by atoms with E-state index < -0.39 is 0 Å². The molecule has 0 saturated carbocycles. The zero-order chi connectivity index (χ0) is 20.2. The summed E-state index contributed by atoms with van der Waals surface area (Å²) in [5.41, 5.74) is 3.65. The fourth-order valence-corrected chi connectivity index (χ4v) is 4.04. The van der Waals surface area contributed by atoms with Crippen molar-refractivity contribution >= 4 is 5.69 Å². The van der Waals surface area contributed by atoms with Gasteiger partial charge in [0.25, 0.3) is 0 Å². The minimum Gasteiger partial charge on any atom is -0.378 e. The molecule has 1 atom stereocenters. The fourth-order valence-electron chi connectivity index (χ4n) is 4.04. The van der Waals surface area contributed by atoms with Gasteiger partial charge in [0, 0.05) is 19.8 Å². The van der Waals surface area contributed by atoms with Crippen molar-refractivity contribution < 1.29 is 0 Å². The smallest absolute Gasteiger partial charge is 0.173 e. The summed E-state index contributed by atoms with van der Waals surface area (Å²) < 4.78 is 1.96. The Hall–Kier alpha value is -2.73. The average Bonchev–Trinajstić information content (AvgIpc) is 3.18. The molecule has 0 spiro atoms. The van der Waals surface area contributed by atoms with Crippen molar-refractivity contribution in [1.82, 2.24) is 25.1 Å². The van der Waals surface area contributed by atoms with Crippen molar-refractivity contribution in [3.63, 3.8) is 0 Å². The minimum absolute atomic E-state index is 0.0671. The van der Waals surface area contributed by atoms with Crippen LogP contribution in [0.5, 0.6) is 0 Å². The van der Waals surface area contributed by atoms with E-state index in [1.54, 1.807) is 0 Å². The number of piperidine rings is 1. The molecule has 1 aliphatic heterocycles. The van der Waals surface area contributed by atoms with Crippen LogP contribution in [0.2, 0.25) is 0 Å². The first-order chi connectivity index (χ1) is 14.1. The summed E-state index contributed by atoms with van der Waals surface area (Å²) in [6.07, 6.45) is 2.43. The SMILES string of the molecule is CC1CCN([C@@H](c2ccc(N(C)C)cc2)c2nnnn2Cc2ccccc2)CC1. The van der Waals surface area contributed by atoms with Crippen LogP contribution < -0.4 is 4.90 Å². The highest BCUT2D eigenvalue weighted by Gasteiger charge is 2.30. The minimum atomic E-state index is 0.0671. The molecule has 1 aromatic heterocycles. The molecule has 0 radical (unpaired) electrons. The molecule has 1 saturated heterocycles. The molecule has 3 aromatic rings. The van der Waals surface area contributed by atoms with Gasteiger partial charge in [0.05, 0.1) is 12.6 Å².